The zero-order chi connectivity index (χ0) is 19.1. The smallest absolute Gasteiger partial charge is 0.240 e. The Morgan fingerprint density at radius 3 is 2.04 bits per heavy atom. The summed E-state index contributed by atoms with van der Waals surface area (Å²) < 4.78 is 10.8. The minimum atomic E-state index is 0.409. The van der Waals surface area contributed by atoms with Gasteiger partial charge in [-0.15, -0.1) is 0 Å². The molecule has 0 N–H and O–H groups in total. The van der Waals surface area contributed by atoms with E-state index in [9.17, 15) is 0 Å². The van der Waals surface area contributed by atoms with Gasteiger partial charge in [0, 0.05) is 38.5 Å². The van der Waals surface area contributed by atoms with Crippen LogP contribution in [0.5, 0.6) is 0 Å². The maximum Gasteiger partial charge on any atom is 0.240 e. The first-order valence-electron chi connectivity index (χ1n) is 10.3. The summed E-state index contributed by atoms with van der Waals surface area (Å²) in [5.41, 5.74) is 0. The molecule has 1 saturated heterocycles. The van der Waals surface area contributed by atoms with Crippen LogP contribution >= 0.6 is 0 Å². The fourth-order valence-electron chi connectivity index (χ4n) is 3.40. The standard InChI is InChI=1S/C19H32N6O2/c1-4-6-8-16-20-18(26-22-16)13-24-10-11-25(15(3)12-24)14-19-21-17(23-27-19)9-7-5-2/h15H,4-14H2,1-3H3. The van der Waals surface area contributed by atoms with Gasteiger partial charge in [0.15, 0.2) is 11.6 Å². The summed E-state index contributed by atoms with van der Waals surface area (Å²) in [5.74, 6) is 3.10. The van der Waals surface area contributed by atoms with Gasteiger partial charge >= 0.3 is 0 Å². The van der Waals surface area contributed by atoms with Crippen LogP contribution in [0.3, 0.4) is 0 Å². The van der Waals surface area contributed by atoms with Crippen LogP contribution in [0.4, 0.5) is 0 Å². The number of piperazine rings is 1. The lowest BCUT2D eigenvalue weighted by Crippen LogP contribution is -2.51. The molecule has 0 saturated carbocycles. The molecule has 0 spiro atoms. The number of rotatable bonds is 10. The molecule has 0 bridgehead atoms. The Morgan fingerprint density at radius 2 is 1.48 bits per heavy atom. The number of unbranched alkanes of at least 4 members (excludes halogenated alkanes) is 2. The SMILES string of the molecule is CCCCc1noc(CN2CCN(Cc3nc(CCCC)no3)C(C)C2)n1. The largest absolute Gasteiger partial charge is 0.338 e. The molecule has 0 aromatic carbocycles. The highest BCUT2D eigenvalue weighted by atomic mass is 16.5. The summed E-state index contributed by atoms with van der Waals surface area (Å²) in [6.45, 7) is 10.9. The van der Waals surface area contributed by atoms with Gasteiger partial charge in [0.1, 0.15) is 0 Å². The lowest BCUT2D eigenvalue weighted by Gasteiger charge is -2.38. The highest BCUT2D eigenvalue weighted by Crippen LogP contribution is 2.15. The Labute approximate surface area is 161 Å². The molecule has 1 fully saturated rings. The predicted octanol–water partition coefficient (Wildman–Crippen LogP) is 2.84. The molecule has 0 radical (unpaired) electrons. The number of hydrogen-bond acceptors (Lipinski definition) is 8. The van der Waals surface area contributed by atoms with Crippen molar-refractivity contribution in [2.24, 2.45) is 0 Å². The van der Waals surface area contributed by atoms with E-state index in [-0.39, 0.29) is 0 Å². The number of hydrogen-bond donors (Lipinski definition) is 0. The zero-order valence-electron chi connectivity index (χ0n) is 16.9. The van der Waals surface area contributed by atoms with E-state index < -0.39 is 0 Å². The number of aromatic nitrogens is 4. The summed E-state index contributed by atoms with van der Waals surface area (Å²) in [6.07, 6.45) is 6.28. The third-order valence-electron chi connectivity index (χ3n) is 5.07. The summed E-state index contributed by atoms with van der Waals surface area (Å²) in [7, 11) is 0. The van der Waals surface area contributed by atoms with Gasteiger partial charge in [0.05, 0.1) is 13.1 Å². The topological polar surface area (TPSA) is 84.3 Å². The summed E-state index contributed by atoms with van der Waals surface area (Å²) in [5, 5.41) is 8.17. The van der Waals surface area contributed by atoms with E-state index in [1.165, 1.54) is 0 Å². The van der Waals surface area contributed by atoms with Crippen molar-refractivity contribution in [1.29, 1.82) is 0 Å². The molecule has 150 valence electrons. The molecule has 3 rings (SSSR count). The maximum atomic E-state index is 5.42. The van der Waals surface area contributed by atoms with Crippen LogP contribution in [-0.4, -0.2) is 55.8 Å². The fraction of sp³-hybridized carbons (Fsp3) is 0.789. The average molecular weight is 377 g/mol. The van der Waals surface area contributed by atoms with Crippen molar-refractivity contribution in [2.45, 2.75) is 78.4 Å². The van der Waals surface area contributed by atoms with Crippen molar-refractivity contribution >= 4 is 0 Å². The molecule has 1 unspecified atom stereocenters. The third kappa shape index (κ3) is 5.84. The molecule has 8 nitrogen and oxygen atoms in total. The van der Waals surface area contributed by atoms with Crippen molar-refractivity contribution in [3.8, 4) is 0 Å². The lowest BCUT2D eigenvalue weighted by molar-refractivity contribution is 0.0594. The van der Waals surface area contributed by atoms with Gasteiger partial charge in [-0.3, -0.25) is 9.80 Å². The quantitative estimate of drug-likeness (QED) is 0.626. The van der Waals surface area contributed by atoms with Gasteiger partial charge in [-0.25, -0.2) is 0 Å². The summed E-state index contributed by atoms with van der Waals surface area (Å²) in [6, 6.07) is 0.409. The van der Waals surface area contributed by atoms with Crippen molar-refractivity contribution in [1.82, 2.24) is 30.1 Å². The molecule has 0 aliphatic carbocycles. The molecule has 3 heterocycles. The highest BCUT2D eigenvalue weighted by molar-refractivity contribution is 4.91. The van der Waals surface area contributed by atoms with Crippen LogP contribution < -0.4 is 0 Å². The van der Waals surface area contributed by atoms with Gasteiger partial charge in [-0.2, -0.15) is 9.97 Å². The van der Waals surface area contributed by atoms with Crippen molar-refractivity contribution in [2.75, 3.05) is 19.6 Å². The maximum absolute atomic E-state index is 5.42. The third-order valence-corrected chi connectivity index (χ3v) is 5.07. The van der Waals surface area contributed by atoms with E-state index in [2.05, 4.69) is 50.9 Å². The highest BCUT2D eigenvalue weighted by Gasteiger charge is 2.26. The number of nitrogens with zero attached hydrogens (tertiary/aromatic N) is 6. The van der Waals surface area contributed by atoms with E-state index in [1.807, 2.05) is 0 Å². The molecule has 2 aromatic rings. The number of aryl methyl sites for hydroxylation is 2. The predicted molar refractivity (Wildman–Crippen MR) is 101 cm³/mol. The minimum Gasteiger partial charge on any atom is -0.338 e. The molecular formula is C19H32N6O2. The first kappa shape index (κ1) is 19.9. The van der Waals surface area contributed by atoms with Crippen LogP contribution in [0.2, 0.25) is 0 Å². The molecule has 2 aromatic heterocycles. The molecule has 1 atom stereocenters. The fourth-order valence-corrected chi connectivity index (χ4v) is 3.40. The van der Waals surface area contributed by atoms with E-state index in [4.69, 9.17) is 9.05 Å². The Hall–Kier alpha value is -1.80. The van der Waals surface area contributed by atoms with Crippen molar-refractivity contribution in [3.05, 3.63) is 23.4 Å². The normalized spacial score (nSPS) is 19.0. The van der Waals surface area contributed by atoms with Crippen molar-refractivity contribution in [3.63, 3.8) is 0 Å². The van der Waals surface area contributed by atoms with Gasteiger partial charge in [-0.05, 0) is 19.8 Å². The van der Waals surface area contributed by atoms with E-state index in [0.29, 0.717) is 6.04 Å². The Kier molecular flexibility index (Phi) is 7.34. The van der Waals surface area contributed by atoms with E-state index >= 15 is 0 Å². The average Bonchev–Trinajstić information content (AvgIpc) is 3.30. The van der Waals surface area contributed by atoms with Crippen molar-refractivity contribution < 1.29 is 9.05 Å². The zero-order valence-corrected chi connectivity index (χ0v) is 16.9. The van der Waals surface area contributed by atoms with Crippen LogP contribution in [0.25, 0.3) is 0 Å². The molecule has 1 aliphatic heterocycles. The van der Waals surface area contributed by atoms with Gasteiger partial charge < -0.3 is 9.05 Å². The second kappa shape index (κ2) is 9.94. The molecule has 27 heavy (non-hydrogen) atoms. The molecular weight excluding hydrogens is 344 g/mol. The van der Waals surface area contributed by atoms with Crippen LogP contribution in [0.15, 0.2) is 9.05 Å². The van der Waals surface area contributed by atoms with E-state index in [1.54, 1.807) is 0 Å². The summed E-state index contributed by atoms with van der Waals surface area (Å²) >= 11 is 0. The monoisotopic (exact) mass is 376 g/mol. The second-order valence-corrected chi connectivity index (χ2v) is 7.47. The first-order chi connectivity index (χ1) is 13.2. The van der Waals surface area contributed by atoms with Gasteiger partial charge in [0.25, 0.3) is 0 Å². The van der Waals surface area contributed by atoms with Crippen LogP contribution in [0.1, 0.15) is 69.9 Å². The van der Waals surface area contributed by atoms with Crippen LogP contribution in [-0.2, 0) is 25.9 Å². The molecule has 1 aliphatic rings. The van der Waals surface area contributed by atoms with Crippen LogP contribution in [0, 0.1) is 0 Å². The lowest BCUT2D eigenvalue weighted by atomic mass is 10.2. The Bertz CT molecular complexity index is 685. The second-order valence-electron chi connectivity index (χ2n) is 7.47. The van der Waals surface area contributed by atoms with Gasteiger partial charge in [-0.1, -0.05) is 37.0 Å². The Balaban J connectivity index is 1.46. The summed E-state index contributed by atoms with van der Waals surface area (Å²) in [4.78, 5) is 13.8. The van der Waals surface area contributed by atoms with Gasteiger partial charge in [0.2, 0.25) is 11.8 Å². The first-order valence-corrected chi connectivity index (χ1v) is 10.3. The Morgan fingerprint density at radius 1 is 0.889 bits per heavy atom. The molecule has 0 amide bonds. The molecule has 8 heteroatoms. The van der Waals surface area contributed by atoms with E-state index in [0.717, 1.165) is 94.7 Å². The minimum absolute atomic E-state index is 0.409.